The van der Waals surface area contributed by atoms with Gasteiger partial charge in [-0.2, -0.15) is 0 Å². The Morgan fingerprint density at radius 2 is 1.68 bits per heavy atom. The van der Waals surface area contributed by atoms with Crippen LogP contribution in [-0.4, -0.2) is 51.2 Å². The van der Waals surface area contributed by atoms with Gasteiger partial charge in [0.15, 0.2) is 5.78 Å². The molecule has 0 aliphatic carbocycles. The minimum atomic E-state index is -3.84. The molecule has 0 bridgehead atoms. The second-order valence-corrected chi connectivity index (χ2v) is 8.56. The van der Waals surface area contributed by atoms with Gasteiger partial charge in [0.2, 0.25) is 9.84 Å². The quantitative estimate of drug-likeness (QED) is 0.616. The molecule has 3 rings (SSSR count). The summed E-state index contributed by atoms with van der Waals surface area (Å²) in [5, 5.41) is 2.82. The number of nitrogens with one attached hydrogen (secondary N) is 1. The van der Waals surface area contributed by atoms with E-state index in [1.807, 2.05) is 0 Å². The number of carbonyl (C=O) groups is 2. The first kappa shape index (κ1) is 20.2. The van der Waals surface area contributed by atoms with Crippen molar-refractivity contribution in [3.05, 3.63) is 59.2 Å². The van der Waals surface area contributed by atoms with Crippen LogP contribution in [0.2, 0.25) is 0 Å². The van der Waals surface area contributed by atoms with Crippen molar-refractivity contribution in [2.75, 3.05) is 26.2 Å². The highest BCUT2D eigenvalue weighted by Gasteiger charge is 2.34. The highest BCUT2D eigenvalue weighted by Crippen LogP contribution is 2.34. The Hall–Kier alpha value is -2.51. The van der Waals surface area contributed by atoms with E-state index in [4.69, 9.17) is 0 Å². The van der Waals surface area contributed by atoms with Gasteiger partial charge < -0.3 is 10.2 Å². The maximum absolute atomic E-state index is 12.9. The third kappa shape index (κ3) is 3.72. The molecule has 0 aromatic heterocycles. The highest BCUT2D eigenvalue weighted by molar-refractivity contribution is 7.91. The molecule has 0 radical (unpaired) electrons. The van der Waals surface area contributed by atoms with Crippen molar-refractivity contribution >= 4 is 21.5 Å². The topological polar surface area (TPSA) is 83.6 Å². The Labute approximate surface area is 165 Å². The minimum absolute atomic E-state index is 0.00993. The van der Waals surface area contributed by atoms with E-state index in [0.29, 0.717) is 6.54 Å². The first-order chi connectivity index (χ1) is 13.4. The summed E-state index contributed by atoms with van der Waals surface area (Å²) in [5.74, 6) is -0.685. The van der Waals surface area contributed by atoms with Crippen LogP contribution in [0.3, 0.4) is 0 Å². The predicted molar refractivity (Wildman–Crippen MR) is 107 cm³/mol. The van der Waals surface area contributed by atoms with Gasteiger partial charge in [0.25, 0.3) is 5.91 Å². The van der Waals surface area contributed by atoms with Gasteiger partial charge in [0, 0.05) is 23.2 Å². The molecule has 148 valence electrons. The van der Waals surface area contributed by atoms with Crippen LogP contribution in [0.1, 0.15) is 46.5 Å². The average molecular weight is 401 g/mol. The molecule has 0 saturated heterocycles. The number of amides is 1. The third-order valence-electron chi connectivity index (χ3n) is 5.03. The second kappa shape index (κ2) is 8.24. The van der Waals surface area contributed by atoms with Crippen molar-refractivity contribution in [1.82, 2.24) is 10.2 Å². The first-order valence-electron chi connectivity index (χ1n) is 9.43. The molecule has 1 heterocycles. The van der Waals surface area contributed by atoms with E-state index in [0.717, 1.165) is 26.1 Å². The maximum atomic E-state index is 12.9. The van der Waals surface area contributed by atoms with E-state index in [-0.39, 0.29) is 38.2 Å². The molecule has 6 nitrogen and oxygen atoms in total. The van der Waals surface area contributed by atoms with Crippen LogP contribution in [0, 0.1) is 0 Å². The molecule has 1 N–H and O–H groups in total. The van der Waals surface area contributed by atoms with Gasteiger partial charge in [0.1, 0.15) is 0 Å². The number of ketones is 1. The predicted octanol–water partition coefficient (Wildman–Crippen LogP) is 2.53. The van der Waals surface area contributed by atoms with E-state index in [1.165, 1.54) is 30.3 Å². The van der Waals surface area contributed by atoms with Crippen LogP contribution >= 0.6 is 0 Å². The Morgan fingerprint density at radius 3 is 2.39 bits per heavy atom. The van der Waals surface area contributed by atoms with E-state index in [1.54, 1.807) is 12.1 Å². The van der Waals surface area contributed by atoms with Crippen LogP contribution in [0.5, 0.6) is 0 Å². The molecule has 2 aromatic carbocycles. The van der Waals surface area contributed by atoms with E-state index >= 15 is 0 Å². The summed E-state index contributed by atoms with van der Waals surface area (Å²) < 4.78 is 25.9. The van der Waals surface area contributed by atoms with Crippen molar-refractivity contribution in [3.63, 3.8) is 0 Å². The highest BCUT2D eigenvalue weighted by atomic mass is 32.2. The molecular weight excluding hydrogens is 376 g/mol. The second-order valence-electron chi connectivity index (χ2n) is 6.68. The van der Waals surface area contributed by atoms with Gasteiger partial charge in [-0.15, -0.1) is 0 Å². The lowest BCUT2D eigenvalue weighted by atomic mass is 10.0. The molecule has 0 fully saturated rings. The number of hydrogen-bond acceptors (Lipinski definition) is 5. The van der Waals surface area contributed by atoms with Crippen LogP contribution < -0.4 is 5.32 Å². The van der Waals surface area contributed by atoms with Crippen LogP contribution in [-0.2, 0) is 9.84 Å². The van der Waals surface area contributed by atoms with Crippen LogP contribution in [0.25, 0.3) is 0 Å². The van der Waals surface area contributed by atoms with Crippen molar-refractivity contribution in [2.24, 2.45) is 0 Å². The van der Waals surface area contributed by atoms with Gasteiger partial charge in [0.05, 0.1) is 9.79 Å². The van der Waals surface area contributed by atoms with Crippen LogP contribution in [0.4, 0.5) is 0 Å². The summed E-state index contributed by atoms with van der Waals surface area (Å²) in [5.41, 5.74) is 0.512. The van der Waals surface area contributed by atoms with Crippen molar-refractivity contribution in [2.45, 2.75) is 30.1 Å². The van der Waals surface area contributed by atoms with Gasteiger partial charge in [-0.3, -0.25) is 9.59 Å². The molecule has 0 atom stereocenters. The standard InChI is InChI=1S/C21H24N2O4S/c1-3-23(4-2)13-7-12-22-21(25)15-10-11-17-19(14-15)28(26,27)18-9-6-5-8-16(18)20(17)24/h5-6,8-11,14H,3-4,7,12-13H2,1-2H3,(H,22,25). The number of nitrogens with zero attached hydrogens (tertiary/aromatic N) is 1. The Balaban J connectivity index is 1.79. The number of rotatable bonds is 7. The van der Waals surface area contributed by atoms with Crippen molar-refractivity contribution in [1.29, 1.82) is 0 Å². The summed E-state index contributed by atoms with van der Waals surface area (Å²) in [6, 6.07) is 10.4. The lowest BCUT2D eigenvalue weighted by Gasteiger charge is -2.19. The SMILES string of the molecule is CCN(CC)CCCNC(=O)c1ccc2c(c1)S(=O)(=O)c1ccccc1C2=O. The zero-order chi connectivity index (χ0) is 20.3. The smallest absolute Gasteiger partial charge is 0.251 e. The summed E-state index contributed by atoms with van der Waals surface area (Å²) >= 11 is 0. The van der Waals surface area contributed by atoms with Gasteiger partial charge >= 0.3 is 0 Å². The number of hydrogen-bond donors (Lipinski definition) is 1. The molecule has 0 unspecified atom stereocenters. The number of carbonyl (C=O) groups excluding carboxylic acids is 2. The average Bonchev–Trinajstić information content (AvgIpc) is 2.72. The summed E-state index contributed by atoms with van der Waals surface area (Å²) in [4.78, 5) is 27.2. The summed E-state index contributed by atoms with van der Waals surface area (Å²) in [6.45, 7) is 7.49. The fourth-order valence-electron chi connectivity index (χ4n) is 3.37. The van der Waals surface area contributed by atoms with Gasteiger partial charge in [-0.1, -0.05) is 26.0 Å². The molecule has 1 aliphatic rings. The largest absolute Gasteiger partial charge is 0.352 e. The van der Waals surface area contributed by atoms with E-state index < -0.39 is 9.84 Å². The molecule has 2 aromatic rings. The molecular formula is C21H24N2O4S. The molecule has 28 heavy (non-hydrogen) atoms. The number of fused-ring (bicyclic) bond motifs is 2. The van der Waals surface area contributed by atoms with E-state index in [9.17, 15) is 18.0 Å². The molecule has 1 amide bonds. The third-order valence-corrected chi connectivity index (χ3v) is 6.88. The molecule has 1 aliphatic heterocycles. The van der Waals surface area contributed by atoms with E-state index in [2.05, 4.69) is 24.1 Å². The van der Waals surface area contributed by atoms with Crippen molar-refractivity contribution < 1.29 is 18.0 Å². The monoisotopic (exact) mass is 400 g/mol. The lowest BCUT2D eigenvalue weighted by Crippen LogP contribution is -2.30. The number of benzene rings is 2. The molecule has 7 heteroatoms. The lowest BCUT2D eigenvalue weighted by molar-refractivity contribution is 0.0949. The summed E-state index contributed by atoms with van der Waals surface area (Å²) in [6.07, 6.45) is 0.808. The van der Waals surface area contributed by atoms with Gasteiger partial charge in [-0.25, -0.2) is 8.42 Å². The fraction of sp³-hybridized carbons (Fsp3) is 0.333. The molecule has 0 spiro atoms. The molecule has 0 saturated carbocycles. The minimum Gasteiger partial charge on any atom is -0.352 e. The normalized spacial score (nSPS) is 14.5. The van der Waals surface area contributed by atoms with Crippen molar-refractivity contribution in [3.8, 4) is 0 Å². The first-order valence-corrected chi connectivity index (χ1v) is 10.9. The fourth-order valence-corrected chi connectivity index (χ4v) is 5.05. The van der Waals surface area contributed by atoms with Gasteiger partial charge in [-0.05, 0) is 56.4 Å². The zero-order valence-corrected chi connectivity index (χ0v) is 16.9. The maximum Gasteiger partial charge on any atom is 0.251 e. The summed E-state index contributed by atoms with van der Waals surface area (Å²) in [7, 11) is -3.84. The Kier molecular flexibility index (Phi) is 5.96. The Bertz CT molecular complexity index is 1010. The zero-order valence-electron chi connectivity index (χ0n) is 16.1. The Morgan fingerprint density at radius 1 is 1.00 bits per heavy atom. The number of sulfone groups is 1. The van der Waals surface area contributed by atoms with Crippen LogP contribution in [0.15, 0.2) is 52.3 Å².